The molecule has 1 atom stereocenters. The number of carbonyl (C=O) groups excluding carboxylic acids is 1. The summed E-state index contributed by atoms with van der Waals surface area (Å²) in [6, 6.07) is 13.9. The zero-order valence-corrected chi connectivity index (χ0v) is 12.7. The van der Waals surface area contributed by atoms with Crippen LogP contribution in [0.2, 0.25) is 10.0 Å². The third kappa shape index (κ3) is 4.46. The maximum Gasteiger partial charge on any atom is 0.225 e. The molecule has 2 aromatic carbocycles. The Bertz CT molecular complexity index is 617. The Morgan fingerprint density at radius 2 is 1.86 bits per heavy atom. The molecule has 0 saturated carbocycles. The summed E-state index contributed by atoms with van der Waals surface area (Å²) in [5.41, 5.74) is 1.51. The van der Waals surface area contributed by atoms with Crippen LogP contribution in [0, 0.1) is 0 Å². The predicted octanol–water partition coefficient (Wildman–Crippen LogP) is 3.39. The Labute approximate surface area is 133 Å². The minimum Gasteiger partial charge on any atom is -0.394 e. The summed E-state index contributed by atoms with van der Waals surface area (Å²) in [5, 5.41) is 13.2. The minimum atomic E-state index is -0.434. The highest BCUT2D eigenvalue weighted by atomic mass is 35.5. The lowest BCUT2D eigenvalue weighted by Crippen LogP contribution is -2.32. The maximum atomic E-state index is 12.1. The quantitative estimate of drug-likeness (QED) is 0.886. The topological polar surface area (TPSA) is 49.3 Å². The first-order valence-corrected chi connectivity index (χ1v) is 7.25. The number of halogens is 2. The molecule has 0 radical (unpaired) electrons. The number of rotatable bonds is 5. The van der Waals surface area contributed by atoms with E-state index >= 15 is 0 Å². The van der Waals surface area contributed by atoms with Gasteiger partial charge in [-0.1, -0.05) is 53.5 Å². The van der Waals surface area contributed by atoms with Crippen LogP contribution in [0.1, 0.15) is 17.2 Å². The van der Waals surface area contributed by atoms with Crippen molar-refractivity contribution >= 4 is 29.1 Å². The second kappa shape index (κ2) is 7.46. The average molecular weight is 324 g/mol. The highest BCUT2D eigenvalue weighted by Crippen LogP contribution is 2.21. The molecule has 110 valence electrons. The Morgan fingerprint density at radius 1 is 1.14 bits per heavy atom. The van der Waals surface area contributed by atoms with Gasteiger partial charge in [-0.3, -0.25) is 4.79 Å². The molecule has 0 fully saturated rings. The van der Waals surface area contributed by atoms with E-state index in [-0.39, 0.29) is 18.9 Å². The van der Waals surface area contributed by atoms with Gasteiger partial charge in [-0.2, -0.15) is 0 Å². The van der Waals surface area contributed by atoms with Crippen molar-refractivity contribution in [3.8, 4) is 0 Å². The van der Waals surface area contributed by atoms with E-state index in [4.69, 9.17) is 23.2 Å². The third-order valence-corrected chi connectivity index (χ3v) is 3.68. The van der Waals surface area contributed by atoms with Crippen LogP contribution in [0.4, 0.5) is 0 Å². The second-order valence-corrected chi connectivity index (χ2v) is 5.47. The fourth-order valence-electron chi connectivity index (χ4n) is 2.02. The van der Waals surface area contributed by atoms with Crippen molar-refractivity contribution in [2.75, 3.05) is 6.61 Å². The van der Waals surface area contributed by atoms with Crippen molar-refractivity contribution in [1.29, 1.82) is 0 Å². The number of nitrogens with one attached hydrogen (secondary N) is 1. The summed E-state index contributed by atoms with van der Waals surface area (Å²) in [4.78, 5) is 12.1. The Balaban J connectivity index is 2.05. The molecular weight excluding hydrogens is 309 g/mol. The fraction of sp³-hybridized carbons (Fsp3) is 0.188. The van der Waals surface area contributed by atoms with E-state index in [2.05, 4.69) is 5.32 Å². The summed E-state index contributed by atoms with van der Waals surface area (Å²) in [6.45, 7) is -0.168. The van der Waals surface area contributed by atoms with Crippen LogP contribution in [0.3, 0.4) is 0 Å². The first kappa shape index (κ1) is 15.8. The Morgan fingerprint density at radius 3 is 2.52 bits per heavy atom. The molecule has 0 aromatic heterocycles. The first-order chi connectivity index (χ1) is 10.1. The van der Waals surface area contributed by atoms with Gasteiger partial charge in [-0.05, 0) is 29.3 Å². The number of amides is 1. The number of hydrogen-bond donors (Lipinski definition) is 2. The molecule has 0 saturated heterocycles. The van der Waals surface area contributed by atoms with E-state index in [1.807, 2.05) is 30.3 Å². The molecule has 0 spiro atoms. The van der Waals surface area contributed by atoms with Gasteiger partial charge in [0, 0.05) is 10.0 Å². The number of hydrogen-bond acceptors (Lipinski definition) is 2. The lowest BCUT2D eigenvalue weighted by Gasteiger charge is -2.17. The number of aliphatic hydroxyl groups excluding tert-OH is 1. The van der Waals surface area contributed by atoms with Gasteiger partial charge in [0.15, 0.2) is 0 Å². The molecule has 3 nitrogen and oxygen atoms in total. The first-order valence-electron chi connectivity index (χ1n) is 6.49. The van der Waals surface area contributed by atoms with Crippen LogP contribution in [-0.2, 0) is 11.2 Å². The SMILES string of the molecule is O=C(Cc1cc(Cl)ccc1Cl)NC(CO)c1ccccc1. The van der Waals surface area contributed by atoms with Crippen LogP contribution in [0.25, 0.3) is 0 Å². The summed E-state index contributed by atoms with van der Waals surface area (Å²) in [7, 11) is 0. The summed E-state index contributed by atoms with van der Waals surface area (Å²) < 4.78 is 0. The van der Waals surface area contributed by atoms with Crippen LogP contribution < -0.4 is 5.32 Å². The molecule has 0 aliphatic rings. The summed E-state index contributed by atoms with van der Waals surface area (Å²) >= 11 is 11.9. The highest BCUT2D eigenvalue weighted by Gasteiger charge is 2.14. The van der Waals surface area contributed by atoms with Crippen LogP contribution in [0.15, 0.2) is 48.5 Å². The van der Waals surface area contributed by atoms with E-state index < -0.39 is 6.04 Å². The van der Waals surface area contributed by atoms with Crippen LogP contribution in [-0.4, -0.2) is 17.6 Å². The standard InChI is InChI=1S/C16H15Cl2NO2/c17-13-6-7-14(18)12(8-13)9-16(21)19-15(10-20)11-4-2-1-3-5-11/h1-8,15,20H,9-10H2,(H,19,21). The largest absolute Gasteiger partial charge is 0.394 e. The molecule has 0 bridgehead atoms. The Hall–Kier alpha value is -1.55. The molecule has 2 aromatic rings. The number of carbonyl (C=O) groups is 1. The summed E-state index contributed by atoms with van der Waals surface area (Å²) in [5.74, 6) is -0.220. The van der Waals surface area contributed by atoms with E-state index in [9.17, 15) is 9.90 Å². The van der Waals surface area contributed by atoms with Gasteiger partial charge in [0.05, 0.1) is 19.1 Å². The lowest BCUT2D eigenvalue weighted by molar-refractivity contribution is -0.121. The van der Waals surface area contributed by atoms with Crippen molar-refractivity contribution in [2.45, 2.75) is 12.5 Å². The van der Waals surface area contributed by atoms with Crippen molar-refractivity contribution in [1.82, 2.24) is 5.32 Å². The van der Waals surface area contributed by atoms with E-state index in [1.54, 1.807) is 18.2 Å². The molecule has 0 aliphatic carbocycles. The smallest absolute Gasteiger partial charge is 0.225 e. The number of aliphatic hydroxyl groups is 1. The van der Waals surface area contributed by atoms with Crippen LogP contribution >= 0.6 is 23.2 Å². The molecule has 0 aliphatic heterocycles. The maximum absolute atomic E-state index is 12.1. The number of benzene rings is 2. The van der Waals surface area contributed by atoms with Crippen molar-refractivity contribution in [3.63, 3.8) is 0 Å². The molecule has 2 rings (SSSR count). The summed E-state index contributed by atoms with van der Waals surface area (Å²) in [6.07, 6.45) is 0.114. The van der Waals surface area contributed by atoms with Gasteiger partial charge in [0.25, 0.3) is 0 Å². The monoisotopic (exact) mass is 323 g/mol. The van der Waals surface area contributed by atoms with Gasteiger partial charge < -0.3 is 10.4 Å². The lowest BCUT2D eigenvalue weighted by atomic mass is 10.1. The van der Waals surface area contributed by atoms with Gasteiger partial charge in [-0.25, -0.2) is 0 Å². The zero-order valence-electron chi connectivity index (χ0n) is 11.2. The molecule has 5 heteroatoms. The van der Waals surface area contributed by atoms with E-state index in [1.165, 1.54) is 0 Å². The molecule has 0 heterocycles. The average Bonchev–Trinajstić information content (AvgIpc) is 2.49. The molecule has 21 heavy (non-hydrogen) atoms. The van der Waals surface area contributed by atoms with Gasteiger partial charge in [-0.15, -0.1) is 0 Å². The van der Waals surface area contributed by atoms with Crippen molar-refractivity contribution in [3.05, 3.63) is 69.7 Å². The third-order valence-electron chi connectivity index (χ3n) is 3.08. The van der Waals surface area contributed by atoms with Crippen molar-refractivity contribution < 1.29 is 9.90 Å². The predicted molar refractivity (Wildman–Crippen MR) is 84.6 cm³/mol. The molecule has 1 unspecified atom stereocenters. The fourth-order valence-corrected chi connectivity index (χ4v) is 2.40. The van der Waals surface area contributed by atoms with Crippen LogP contribution in [0.5, 0.6) is 0 Å². The molecule has 1 amide bonds. The van der Waals surface area contributed by atoms with Gasteiger partial charge in [0.1, 0.15) is 0 Å². The van der Waals surface area contributed by atoms with E-state index in [0.29, 0.717) is 15.6 Å². The van der Waals surface area contributed by atoms with Crippen molar-refractivity contribution in [2.24, 2.45) is 0 Å². The molecule has 2 N–H and O–H groups in total. The van der Waals surface area contributed by atoms with Gasteiger partial charge in [0.2, 0.25) is 5.91 Å². The van der Waals surface area contributed by atoms with Gasteiger partial charge >= 0.3 is 0 Å². The minimum absolute atomic E-state index is 0.114. The second-order valence-electron chi connectivity index (χ2n) is 4.63. The Kier molecular flexibility index (Phi) is 5.62. The molecular formula is C16H15Cl2NO2. The highest BCUT2D eigenvalue weighted by molar-refractivity contribution is 6.33. The zero-order chi connectivity index (χ0) is 15.2. The normalized spacial score (nSPS) is 12.0. The van der Waals surface area contributed by atoms with E-state index in [0.717, 1.165) is 5.56 Å².